The van der Waals surface area contributed by atoms with Crippen molar-refractivity contribution in [3.8, 4) is 0 Å². The van der Waals surface area contributed by atoms with E-state index in [1.165, 1.54) is 0 Å². The third-order valence-electron chi connectivity index (χ3n) is 2.24. The lowest BCUT2D eigenvalue weighted by Gasteiger charge is -2.12. The van der Waals surface area contributed by atoms with Gasteiger partial charge in [-0.2, -0.15) is 0 Å². The van der Waals surface area contributed by atoms with E-state index in [-0.39, 0.29) is 11.9 Å². The summed E-state index contributed by atoms with van der Waals surface area (Å²) in [4.78, 5) is 16.0. The summed E-state index contributed by atoms with van der Waals surface area (Å²) in [5.41, 5.74) is 0.551. The van der Waals surface area contributed by atoms with E-state index in [9.17, 15) is 9.00 Å². The van der Waals surface area contributed by atoms with Gasteiger partial charge in [-0.1, -0.05) is 0 Å². The summed E-state index contributed by atoms with van der Waals surface area (Å²) < 4.78 is 11.1. The van der Waals surface area contributed by atoms with Gasteiger partial charge in [0.25, 0.3) is 5.91 Å². The summed E-state index contributed by atoms with van der Waals surface area (Å²) in [5, 5.41) is 5.86. The lowest BCUT2D eigenvalue weighted by Crippen LogP contribution is -2.36. The van der Waals surface area contributed by atoms with Crippen LogP contribution in [0.15, 0.2) is 18.3 Å². The molecule has 6 heteroatoms. The van der Waals surface area contributed by atoms with Crippen molar-refractivity contribution in [3.63, 3.8) is 0 Å². The molecule has 0 saturated carbocycles. The van der Waals surface area contributed by atoms with E-state index in [1.54, 1.807) is 24.6 Å². The predicted octanol–water partition coefficient (Wildman–Crippen LogP) is 1.01. The summed E-state index contributed by atoms with van der Waals surface area (Å²) >= 11 is 0. The average molecular weight is 269 g/mol. The predicted molar refractivity (Wildman–Crippen MR) is 74.3 cm³/mol. The van der Waals surface area contributed by atoms with Crippen molar-refractivity contribution in [1.29, 1.82) is 0 Å². The maximum Gasteiger partial charge on any atom is 0.251 e. The second kappa shape index (κ2) is 7.10. The molecule has 1 rings (SSSR count). The minimum Gasteiger partial charge on any atom is -0.370 e. The molecule has 0 aliphatic heterocycles. The highest BCUT2D eigenvalue weighted by Crippen LogP contribution is 2.06. The molecule has 2 atom stereocenters. The number of carbonyl (C=O) groups is 1. The minimum atomic E-state index is -0.915. The second-order valence-electron chi connectivity index (χ2n) is 4.07. The van der Waals surface area contributed by atoms with Gasteiger partial charge >= 0.3 is 0 Å². The average Bonchev–Trinajstić information content (AvgIpc) is 2.28. The Labute approximate surface area is 110 Å². The Morgan fingerprint density at radius 3 is 2.89 bits per heavy atom. The van der Waals surface area contributed by atoms with Gasteiger partial charge in [0.05, 0.1) is 0 Å². The maximum atomic E-state index is 11.9. The summed E-state index contributed by atoms with van der Waals surface area (Å²) in [6, 6.07) is 3.25. The first-order valence-electron chi connectivity index (χ1n) is 5.83. The van der Waals surface area contributed by atoms with Gasteiger partial charge in [-0.3, -0.25) is 9.00 Å². The molecule has 18 heavy (non-hydrogen) atoms. The van der Waals surface area contributed by atoms with Crippen LogP contribution in [0.1, 0.15) is 24.2 Å². The number of nitrogens with zero attached hydrogens (tertiary/aromatic N) is 1. The Bertz CT molecular complexity index is 437. The third kappa shape index (κ3) is 4.83. The zero-order chi connectivity index (χ0) is 13.5. The topological polar surface area (TPSA) is 71.1 Å². The third-order valence-corrected chi connectivity index (χ3v) is 3.21. The van der Waals surface area contributed by atoms with Gasteiger partial charge < -0.3 is 10.6 Å². The Kier molecular flexibility index (Phi) is 5.77. The van der Waals surface area contributed by atoms with Crippen molar-refractivity contribution in [3.05, 3.63) is 23.9 Å². The number of pyridine rings is 1. The molecule has 0 aliphatic rings. The van der Waals surface area contributed by atoms with Crippen LogP contribution in [0, 0.1) is 0 Å². The van der Waals surface area contributed by atoms with Gasteiger partial charge in [-0.05, 0) is 26.0 Å². The van der Waals surface area contributed by atoms with Crippen molar-refractivity contribution in [2.24, 2.45) is 0 Å². The van der Waals surface area contributed by atoms with E-state index in [0.717, 1.165) is 6.54 Å². The van der Waals surface area contributed by atoms with E-state index in [4.69, 9.17) is 0 Å². The van der Waals surface area contributed by atoms with E-state index in [1.807, 2.05) is 13.8 Å². The first-order chi connectivity index (χ1) is 8.52. The van der Waals surface area contributed by atoms with Crippen LogP contribution in [0.2, 0.25) is 0 Å². The number of rotatable bonds is 6. The normalized spacial score (nSPS) is 13.7. The highest BCUT2D eigenvalue weighted by Gasteiger charge is 2.11. The maximum absolute atomic E-state index is 11.9. The summed E-state index contributed by atoms with van der Waals surface area (Å²) in [6.45, 7) is 4.56. The smallest absolute Gasteiger partial charge is 0.251 e. The summed E-state index contributed by atoms with van der Waals surface area (Å²) in [7, 11) is -0.915. The molecule has 1 heterocycles. The molecule has 2 N–H and O–H groups in total. The zero-order valence-electron chi connectivity index (χ0n) is 10.9. The number of hydrogen-bond donors (Lipinski definition) is 2. The fourth-order valence-corrected chi connectivity index (χ4v) is 2.34. The Hall–Kier alpha value is -1.43. The van der Waals surface area contributed by atoms with Crippen LogP contribution in [-0.4, -0.2) is 39.7 Å². The number of hydrogen-bond acceptors (Lipinski definition) is 4. The first-order valence-corrected chi connectivity index (χ1v) is 7.56. The van der Waals surface area contributed by atoms with Crippen LogP contribution in [0.25, 0.3) is 0 Å². The van der Waals surface area contributed by atoms with E-state index < -0.39 is 10.8 Å². The van der Waals surface area contributed by atoms with Gasteiger partial charge in [0.2, 0.25) is 0 Å². The molecule has 100 valence electrons. The quantitative estimate of drug-likeness (QED) is 0.808. The summed E-state index contributed by atoms with van der Waals surface area (Å²) in [5.74, 6) is 0.961. The van der Waals surface area contributed by atoms with Gasteiger partial charge in [-0.25, -0.2) is 4.98 Å². The molecule has 0 spiro atoms. The van der Waals surface area contributed by atoms with Crippen LogP contribution in [-0.2, 0) is 10.8 Å². The molecule has 2 unspecified atom stereocenters. The van der Waals surface area contributed by atoms with Crippen LogP contribution < -0.4 is 10.6 Å². The van der Waals surface area contributed by atoms with Crippen LogP contribution in [0.3, 0.4) is 0 Å². The lowest BCUT2D eigenvalue weighted by atomic mass is 10.2. The lowest BCUT2D eigenvalue weighted by molar-refractivity contribution is 0.0943. The van der Waals surface area contributed by atoms with Crippen molar-refractivity contribution < 1.29 is 9.00 Å². The Balaban J connectivity index is 2.66. The largest absolute Gasteiger partial charge is 0.370 e. The number of carbonyl (C=O) groups excluding carboxylic acids is 1. The molecule has 0 radical (unpaired) electrons. The molecule has 1 aromatic heterocycles. The Morgan fingerprint density at radius 1 is 1.56 bits per heavy atom. The number of amides is 1. The van der Waals surface area contributed by atoms with Crippen LogP contribution in [0.4, 0.5) is 5.82 Å². The van der Waals surface area contributed by atoms with Gasteiger partial charge in [0.1, 0.15) is 5.82 Å². The first kappa shape index (κ1) is 14.6. The molecule has 5 nitrogen and oxygen atoms in total. The standard InChI is InChI=1S/C12H19N3O2S/c1-4-13-11-7-10(5-6-14-11)12(16)15-9(2)8-18(3)17/h5-7,9H,4,8H2,1-3H3,(H,13,14)(H,15,16). The SMILES string of the molecule is CCNc1cc(C(=O)NC(C)CS(C)=O)ccn1. The molecule has 0 aliphatic carbocycles. The molecule has 0 fully saturated rings. The number of nitrogens with one attached hydrogen (secondary N) is 2. The Morgan fingerprint density at radius 2 is 2.28 bits per heavy atom. The zero-order valence-corrected chi connectivity index (χ0v) is 11.7. The van der Waals surface area contributed by atoms with E-state index >= 15 is 0 Å². The fourth-order valence-electron chi connectivity index (χ4n) is 1.55. The monoisotopic (exact) mass is 269 g/mol. The molecule has 0 aromatic carbocycles. The van der Waals surface area contributed by atoms with Crippen LogP contribution >= 0.6 is 0 Å². The second-order valence-corrected chi connectivity index (χ2v) is 5.55. The highest BCUT2D eigenvalue weighted by molar-refractivity contribution is 7.84. The molecule has 0 bridgehead atoms. The molecule has 1 amide bonds. The molecule has 1 aromatic rings. The van der Waals surface area contributed by atoms with Crippen molar-refractivity contribution >= 4 is 22.5 Å². The van der Waals surface area contributed by atoms with Crippen molar-refractivity contribution in [1.82, 2.24) is 10.3 Å². The number of aromatic nitrogens is 1. The van der Waals surface area contributed by atoms with Gasteiger partial charge in [-0.15, -0.1) is 0 Å². The van der Waals surface area contributed by atoms with E-state index in [0.29, 0.717) is 17.1 Å². The highest BCUT2D eigenvalue weighted by atomic mass is 32.2. The fraction of sp³-hybridized carbons (Fsp3) is 0.500. The van der Waals surface area contributed by atoms with Crippen molar-refractivity contribution in [2.45, 2.75) is 19.9 Å². The summed E-state index contributed by atoms with van der Waals surface area (Å²) in [6.07, 6.45) is 3.22. The van der Waals surface area contributed by atoms with E-state index in [2.05, 4.69) is 15.6 Å². The minimum absolute atomic E-state index is 0.112. The van der Waals surface area contributed by atoms with Gasteiger partial charge in [0.15, 0.2) is 0 Å². The molecule has 0 saturated heterocycles. The molecular weight excluding hydrogens is 250 g/mol. The molecular formula is C12H19N3O2S. The number of anilines is 1. The van der Waals surface area contributed by atoms with Crippen LogP contribution in [0.5, 0.6) is 0 Å². The van der Waals surface area contributed by atoms with Crippen molar-refractivity contribution in [2.75, 3.05) is 23.9 Å². The van der Waals surface area contributed by atoms with Gasteiger partial charge in [0, 0.05) is 47.2 Å².